The van der Waals surface area contributed by atoms with E-state index in [9.17, 15) is 14.4 Å². The number of hydrogen-bond acceptors (Lipinski definition) is 5. The van der Waals surface area contributed by atoms with E-state index in [-0.39, 0.29) is 35.5 Å². The third-order valence-corrected chi connectivity index (χ3v) is 11.3. The van der Waals surface area contributed by atoms with Crippen LogP contribution in [-0.4, -0.2) is 56.9 Å². The third kappa shape index (κ3) is 5.14. The van der Waals surface area contributed by atoms with Gasteiger partial charge in [-0.1, -0.05) is 73.8 Å². The number of nitrogens with zero attached hydrogens (tertiary/aromatic N) is 1. The number of anilines is 1. The Kier molecular flexibility index (Phi) is 8.78. The van der Waals surface area contributed by atoms with E-state index in [1.807, 2.05) is 49.4 Å². The average molecular weight is 584 g/mol. The maximum absolute atomic E-state index is 14.2. The number of thioether (sulfide) groups is 1. The lowest BCUT2D eigenvalue weighted by Crippen LogP contribution is -2.55. The molecule has 3 unspecified atom stereocenters. The van der Waals surface area contributed by atoms with Crippen LogP contribution in [0.3, 0.4) is 0 Å². The highest BCUT2D eigenvalue weighted by Gasteiger charge is 2.75. The summed E-state index contributed by atoms with van der Waals surface area (Å²) in [5.74, 6) is -1.39. The number of unbranched alkanes of at least 4 members (excludes halogenated alkanes) is 3. The molecule has 9 heteroatoms. The van der Waals surface area contributed by atoms with Crippen molar-refractivity contribution in [1.82, 2.24) is 10.2 Å². The summed E-state index contributed by atoms with van der Waals surface area (Å²) < 4.78 is -0.680. The average Bonchev–Trinajstić information content (AvgIpc) is 3.53. The minimum Gasteiger partial charge on any atom is -0.396 e. The fourth-order valence-corrected chi connectivity index (χ4v) is 9.68. The van der Waals surface area contributed by atoms with Crippen molar-refractivity contribution in [2.75, 3.05) is 18.5 Å². The van der Waals surface area contributed by atoms with Gasteiger partial charge in [0.1, 0.15) is 6.04 Å². The first-order valence-electron chi connectivity index (χ1n) is 14.3. The number of rotatable bonds is 11. The molecule has 3 aliphatic rings. The van der Waals surface area contributed by atoms with Gasteiger partial charge in [-0.2, -0.15) is 0 Å². The van der Waals surface area contributed by atoms with Gasteiger partial charge >= 0.3 is 0 Å². The summed E-state index contributed by atoms with van der Waals surface area (Å²) in [6.07, 6.45) is 3.95. The fourth-order valence-electron chi connectivity index (χ4n) is 6.99. The molecule has 0 radical (unpaired) electrons. The summed E-state index contributed by atoms with van der Waals surface area (Å²) in [5, 5.41) is 15.8. The second-order valence-corrected chi connectivity index (χ2v) is 13.3. The predicted molar refractivity (Wildman–Crippen MR) is 159 cm³/mol. The Morgan fingerprint density at radius 2 is 1.82 bits per heavy atom. The molecule has 0 aliphatic carbocycles. The molecule has 2 bridgehead atoms. The monoisotopic (exact) mass is 583 g/mol. The molecular formula is C31H38ClN3O4S. The Balaban J connectivity index is 1.44. The van der Waals surface area contributed by atoms with Crippen LogP contribution in [0.15, 0.2) is 48.5 Å². The molecule has 5 rings (SSSR count). The first-order chi connectivity index (χ1) is 19.3. The molecule has 3 saturated heterocycles. The largest absolute Gasteiger partial charge is 0.396 e. The van der Waals surface area contributed by atoms with Crippen LogP contribution in [0.1, 0.15) is 50.2 Å². The molecule has 0 saturated carbocycles. The minimum atomic E-state index is -0.699. The number of fused-ring (bicyclic) bond motifs is 1. The van der Waals surface area contributed by atoms with Crippen LogP contribution in [0.4, 0.5) is 5.69 Å². The quantitative estimate of drug-likeness (QED) is 0.330. The third-order valence-electron chi connectivity index (χ3n) is 8.88. The van der Waals surface area contributed by atoms with E-state index in [4.69, 9.17) is 16.7 Å². The van der Waals surface area contributed by atoms with Crippen LogP contribution in [0.25, 0.3) is 0 Å². The zero-order valence-corrected chi connectivity index (χ0v) is 24.6. The first-order valence-corrected chi connectivity index (χ1v) is 15.5. The zero-order chi connectivity index (χ0) is 28.4. The minimum absolute atomic E-state index is 0.0104. The number of benzene rings is 2. The summed E-state index contributed by atoms with van der Waals surface area (Å²) in [6, 6.07) is 14.5. The number of carbonyl (C=O) groups is 3. The molecular weight excluding hydrogens is 546 g/mol. The van der Waals surface area contributed by atoms with E-state index >= 15 is 0 Å². The van der Waals surface area contributed by atoms with Gasteiger partial charge in [0.15, 0.2) is 0 Å². The highest BCUT2D eigenvalue weighted by atomic mass is 35.5. The molecule has 7 nitrogen and oxygen atoms in total. The molecule has 3 aliphatic heterocycles. The van der Waals surface area contributed by atoms with Crippen molar-refractivity contribution in [3.63, 3.8) is 0 Å². The van der Waals surface area contributed by atoms with E-state index < -0.39 is 22.6 Å². The molecule has 3 amide bonds. The Morgan fingerprint density at radius 3 is 2.55 bits per heavy atom. The lowest BCUT2D eigenvalue weighted by atomic mass is 9.66. The van der Waals surface area contributed by atoms with Crippen molar-refractivity contribution in [2.24, 2.45) is 17.8 Å². The second kappa shape index (κ2) is 12.1. The van der Waals surface area contributed by atoms with Crippen LogP contribution in [0.2, 0.25) is 5.02 Å². The van der Waals surface area contributed by atoms with Crippen LogP contribution >= 0.6 is 23.4 Å². The maximum Gasteiger partial charge on any atom is 0.248 e. The Morgan fingerprint density at radius 1 is 1.07 bits per heavy atom. The van der Waals surface area contributed by atoms with Crippen LogP contribution in [-0.2, 0) is 20.9 Å². The Labute approximate surface area is 245 Å². The number of aliphatic hydroxyl groups is 1. The van der Waals surface area contributed by atoms with E-state index in [1.54, 1.807) is 22.7 Å². The number of aliphatic hydroxyl groups excluding tert-OH is 1. The summed E-state index contributed by atoms with van der Waals surface area (Å²) in [6.45, 7) is 5.01. The molecule has 2 aromatic carbocycles. The van der Waals surface area contributed by atoms with Crippen molar-refractivity contribution < 1.29 is 19.5 Å². The predicted octanol–water partition coefficient (Wildman–Crippen LogP) is 4.79. The fraction of sp³-hybridized carbons (Fsp3) is 0.516. The number of likely N-dealkylation sites (tertiary alicyclic amines) is 1. The standard InChI is InChI=1S/C31H38ClN3O4S/c1-19-11-10-14-22(32)26(19)34-29(38)27-31-20(2)17-23(40-31)24(28(37)33-18-21-12-6-5-7-13-21)25(31)30(39)35(27)15-8-3-4-9-16-36/h5-7,10-14,20,23-25,27,36H,3-4,8-9,15-18H2,1-2H3,(H,33,37)(H,34,38)/t20?,23-,24+,25+,27?,31?/m1/s1. The molecule has 3 heterocycles. The summed E-state index contributed by atoms with van der Waals surface area (Å²) in [5.41, 5.74) is 2.42. The van der Waals surface area contributed by atoms with Gasteiger partial charge in [-0.3, -0.25) is 14.4 Å². The Bertz CT molecular complexity index is 1240. The molecule has 0 aromatic heterocycles. The second-order valence-electron chi connectivity index (χ2n) is 11.3. The number of carbonyl (C=O) groups excluding carboxylic acids is 3. The lowest BCUT2D eigenvalue weighted by molar-refractivity contribution is -0.139. The SMILES string of the molecule is Cc1cccc(Cl)c1NC(=O)C1N(CCCCCCO)C(=O)[C@@H]2[C@@H](C(=O)NCc3ccccc3)[C@H]3CC(C)C12S3. The number of nitrogens with one attached hydrogen (secondary N) is 2. The highest BCUT2D eigenvalue weighted by molar-refractivity contribution is 8.02. The van der Waals surface area contributed by atoms with Crippen LogP contribution in [0, 0.1) is 24.7 Å². The van der Waals surface area contributed by atoms with Crippen molar-refractivity contribution in [2.45, 2.75) is 68.5 Å². The lowest BCUT2D eigenvalue weighted by Gasteiger charge is -2.38. The van der Waals surface area contributed by atoms with E-state index in [1.165, 1.54) is 0 Å². The van der Waals surface area contributed by atoms with Gasteiger partial charge < -0.3 is 20.6 Å². The van der Waals surface area contributed by atoms with Gasteiger partial charge in [-0.15, -0.1) is 11.8 Å². The van der Waals surface area contributed by atoms with Crippen molar-refractivity contribution in [1.29, 1.82) is 0 Å². The molecule has 2 aromatic rings. The zero-order valence-electron chi connectivity index (χ0n) is 23.1. The summed E-state index contributed by atoms with van der Waals surface area (Å²) in [4.78, 5) is 43.8. The van der Waals surface area contributed by atoms with Gasteiger partial charge in [-0.05, 0) is 49.3 Å². The van der Waals surface area contributed by atoms with Gasteiger partial charge in [-0.25, -0.2) is 0 Å². The smallest absolute Gasteiger partial charge is 0.248 e. The van der Waals surface area contributed by atoms with Crippen molar-refractivity contribution in [3.05, 3.63) is 64.7 Å². The molecule has 214 valence electrons. The number of aryl methyl sites for hydroxylation is 1. The van der Waals surface area contributed by atoms with E-state index in [0.717, 1.165) is 36.8 Å². The maximum atomic E-state index is 14.2. The summed E-state index contributed by atoms with van der Waals surface area (Å²) in [7, 11) is 0. The van der Waals surface area contributed by atoms with Gasteiger partial charge in [0.2, 0.25) is 17.7 Å². The number of hydrogen-bond donors (Lipinski definition) is 3. The molecule has 6 atom stereocenters. The topological polar surface area (TPSA) is 98.7 Å². The van der Waals surface area contributed by atoms with Crippen LogP contribution < -0.4 is 10.6 Å². The number of halogens is 1. The van der Waals surface area contributed by atoms with Crippen molar-refractivity contribution in [3.8, 4) is 0 Å². The normalized spacial score (nSPS) is 28.6. The Hall–Kier alpha value is -2.55. The summed E-state index contributed by atoms with van der Waals surface area (Å²) >= 11 is 8.15. The van der Waals surface area contributed by atoms with E-state index in [2.05, 4.69) is 17.6 Å². The van der Waals surface area contributed by atoms with Gasteiger partial charge in [0, 0.05) is 24.9 Å². The molecule has 3 fully saturated rings. The molecule has 1 spiro atoms. The number of amides is 3. The molecule has 40 heavy (non-hydrogen) atoms. The van der Waals surface area contributed by atoms with E-state index in [0.29, 0.717) is 30.2 Å². The number of para-hydroxylation sites is 1. The van der Waals surface area contributed by atoms with Crippen molar-refractivity contribution >= 4 is 46.8 Å². The van der Waals surface area contributed by atoms with Gasteiger partial charge in [0.25, 0.3) is 0 Å². The highest BCUT2D eigenvalue weighted by Crippen LogP contribution is 2.68. The van der Waals surface area contributed by atoms with Crippen LogP contribution in [0.5, 0.6) is 0 Å². The molecule has 3 N–H and O–H groups in total. The first kappa shape index (κ1) is 29.0. The van der Waals surface area contributed by atoms with Gasteiger partial charge in [0.05, 0.1) is 27.3 Å².